The van der Waals surface area contributed by atoms with Gasteiger partial charge in [0, 0.05) is 30.4 Å². The highest BCUT2D eigenvalue weighted by Gasteiger charge is 2.54. The van der Waals surface area contributed by atoms with Crippen LogP contribution in [0.15, 0.2) is 10.9 Å². The number of rotatable bonds is 4. The maximum atomic E-state index is 12.6. The van der Waals surface area contributed by atoms with E-state index < -0.39 is 0 Å². The highest BCUT2D eigenvalue weighted by Crippen LogP contribution is 2.52. The average Bonchev–Trinajstić information content (AvgIpc) is 3.02. The Morgan fingerprint density at radius 3 is 2.82 bits per heavy atom. The van der Waals surface area contributed by atoms with Crippen LogP contribution in [0, 0.1) is 17.3 Å². The molecule has 0 radical (unpaired) electrons. The van der Waals surface area contributed by atoms with Crippen molar-refractivity contribution in [1.82, 2.24) is 15.2 Å². The normalized spacial score (nSPS) is 26.0. The van der Waals surface area contributed by atoms with Crippen LogP contribution in [0.25, 0.3) is 0 Å². The number of nitrogens with zero attached hydrogens (tertiary/aromatic N) is 2. The minimum absolute atomic E-state index is 0.0231. The van der Waals surface area contributed by atoms with Gasteiger partial charge in [0.15, 0.2) is 0 Å². The van der Waals surface area contributed by atoms with Gasteiger partial charge in [-0.3, -0.25) is 9.59 Å². The van der Waals surface area contributed by atoms with Crippen LogP contribution in [-0.4, -0.2) is 41.3 Å². The molecule has 22 heavy (non-hydrogen) atoms. The number of aromatic nitrogens is 1. The van der Waals surface area contributed by atoms with E-state index in [0.29, 0.717) is 24.7 Å². The molecule has 6 heteroatoms. The summed E-state index contributed by atoms with van der Waals surface area (Å²) >= 11 is 1.43. The summed E-state index contributed by atoms with van der Waals surface area (Å²) in [7, 11) is 0. The lowest BCUT2D eigenvalue weighted by Crippen LogP contribution is -2.45. The quantitative estimate of drug-likeness (QED) is 0.922. The van der Waals surface area contributed by atoms with E-state index in [-0.39, 0.29) is 23.1 Å². The van der Waals surface area contributed by atoms with Crippen LogP contribution in [0.2, 0.25) is 0 Å². The zero-order valence-electron chi connectivity index (χ0n) is 12.6. The predicted octanol–water partition coefficient (Wildman–Crippen LogP) is 1.91. The van der Waals surface area contributed by atoms with Crippen molar-refractivity contribution < 1.29 is 9.59 Å². The number of amides is 2. The van der Waals surface area contributed by atoms with Gasteiger partial charge in [0.2, 0.25) is 5.91 Å². The van der Waals surface area contributed by atoms with E-state index in [9.17, 15) is 9.59 Å². The fourth-order valence-electron chi connectivity index (χ4n) is 3.79. The van der Waals surface area contributed by atoms with Gasteiger partial charge in [-0.1, -0.05) is 6.42 Å². The lowest BCUT2D eigenvalue weighted by Gasteiger charge is -2.41. The number of hydrogen-bond acceptors (Lipinski definition) is 4. The number of carbonyl (C=O) groups is 2. The van der Waals surface area contributed by atoms with Gasteiger partial charge in [0.05, 0.1) is 11.4 Å². The SMILES string of the molecule is O=C(NCC1CC1)C1CN(C(=O)c2cscn2)CC12CCC2. The zero-order valence-corrected chi connectivity index (χ0v) is 13.4. The molecule has 1 N–H and O–H groups in total. The molecule has 5 nitrogen and oxygen atoms in total. The Morgan fingerprint density at radius 2 is 2.23 bits per heavy atom. The molecule has 1 saturated heterocycles. The second kappa shape index (κ2) is 5.33. The highest BCUT2D eigenvalue weighted by molar-refractivity contribution is 7.07. The number of carbonyl (C=O) groups excluding carboxylic acids is 2. The minimum atomic E-state index is -0.0393. The molecule has 2 saturated carbocycles. The van der Waals surface area contributed by atoms with Gasteiger partial charge < -0.3 is 10.2 Å². The van der Waals surface area contributed by atoms with Crippen molar-refractivity contribution in [2.75, 3.05) is 19.6 Å². The summed E-state index contributed by atoms with van der Waals surface area (Å²) in [5, 5.41) is 4.90. The summed E-state index contributed by atoms with van der Waals surface area (Å²) in [5.41, 5.74) is 2.22. The topological polar surface area (TPSA) is 62.3 Å². The molecule has 2 aliphatic carbocycles. The van der Waals surface area contributed by atoms with Gasteiger partial charge >= 0.3 is 0 Å². The molecular weight excluding hydrogens is 298 g/mol. The van der Waals surface area contributed by atoms with E-state index in [1.165, 1.54) is 30.6 Å². The Hall–Kier alpha value is -1.43. The van der Waals surface area contributed by atoms with E-state index >= 15 is 0 Å². The molecule has 1 unspecified atom stereocenters. The van der Waals surface area contributed by atoms with Gasteiger partial charge in [-0.05, 0) is 31.6 Å². The fourth-order valence-corrected chi connectivity index (χ4v) is 4.32. The monoisotopic (exact) mass is 319 g/mol. The van der Waals surface area contributed by atoms with E-state index in [2.05, 4.69) is 10.3 Å². The van der Waals surface area contributed by atoms with Gasteiger partial charge in [-0.2, -0.15) is 0 Å². The van der Waals surface area contributed by atoms with Crippen LogP contribution >= 0.6 is 11.3 Å². The minimum Gasteiger partial charge on any atom is -0.356 e. The van der Waals surface area contributed by atoms with Gasteiger partial charge in [-0.25, -0.2) is 4.98 Å². The van der Waals surface area contributed by atoms with Crippen LogP contribution in [0.4, 0.5) is 0 Å². The number of thiazole rings is 1. The molecule has 1 aromatic rings. The molecule has 1 spiro atoms. The Bertz CT molecular complexity index is 578. The van der Waals surface area contributed by atoms with E-state index in [1.54, 1.807) is 10.9 Å². The summed E-state index contributed by atoms with van der Waals surface area (Å²) in [6, 6.07) is 0. The average molecular weight is 319 g/mol. The van der Waals surface area contributed by atoms with Crippen LogP contribution in [0.1, 0.15) is 42.6 Å². The maximum absolute atomic E-state index is 12.6. The molecule has 2 heterocycles. The van der Waals surface area contributed by atoms with E-state index in [4.69, 9.17) is 0 Å². The molecule has 3 fully saturated rings. The van der Waals surface area contributed by atoms with Crippen molar-refractivity contribution in [3.05, 3.63) is 16.6 Å². The predicted molar refractivity (Wildman–Crippen MR) is 83.5 cm³/mol. The Labute approximate surface area is 134 Å². The zero-order chi connectivity index (χ0) is 15.2. The lowest BCUT2D eigenvalue weighted by molar-refractivity contribution is -0.129. The standard InChI is InChI=1S/C16H21N3O2S/c20-14(17-6-11-2-3-11)12-7-19(9-16(12)4-1-5-16)15(21)13-8-22-10-18-13/h8,10-12H,1-7,9H2,(H,17,20). The molecule has 3 aliphatic rings. The second-order valence-electron chi connectivity index (χ2n) is 7.02. The summed E-state index contributed by atoms with van der Waals surface area (Å²) in [6.45, 7) is 2.07. The number of nitrogens with one attached hydrogen (secondary N) is 1. The van der Waals surface area contributed by atoms with Crippen LogP contribution in [0.3, 0.4) is 0 Å². The highest BCUT2D eigenvalue weighted by atomic mass is 32.1. The molecular formula is C16H21N3O2S. The Morgan fingerprint density at radius 1 is 1.41 bits per heavy atom. The van der Waals surface area contributed by atoms with Crippen LogP contribution in [-0.2, 0) is 4.79 Å². The largest absolute Gasteiger partial charge is 0.356 e. The third kappa shape index (κ3) is 2.43. The first-order valence-electron chi connectivity index (χ1n) is 8.13. The van der Waals surface area contributed by atoms with Crippen molar-refractivity contribution in [3.63, 3.8) is 0 Å². The van der Waals surface area contributed by atoms with Crippen molar-refractivity contribution >= 4 is 23.2 Å². The summed E-state index contributed by atoms with van der Waals surface area (Å²) in [5.74, 6) is 0.781. The van der Waals surface area contributed by atoms with Gasteiger partial charge in [-0.15, -0.1) is 11.3 Å². The van der Waals surface area contributed by atoms with Crippen molar-refractivity contribution in [2.45, 2.75) is 32.1 Å². The van der Waals surface area contributed by atoms with E-state index in [0.717, 1.165) is 19.4 Å². The van der Waals surface area contributed by atoms with Crippen molar-refractivity contribution in [1.29, 1.82) is 0 Å². The molecule has 1 aromatic heterocycles. The maximum Gasteiger partial charge on any atom is 0.273 e. The summed E-state index contributed by atoms with van der Waals surface area (Å²) in [4.78, 5) is 31.1. The Kier molecular flexibility index (Phi) is 3.44. The third-order valence-corrected chi connectivity index (χ3v) is 6.10. The molecule has 1 aliphatic heterocycles. The second-order valence-corrected chi connectivity index (χ2v) is 7.74. The molecule has 118 valence electrons. The van der Waals surface area contributed by atoms with Crippen LogP contribution in [0.5, 0.6) is 0 Å². The third-order valence-electron chi connectivity index (χ3n) is 5.51. The summed E-state index contributed by atoms with van der Waals surface area (Å²) in [6.07, 6.45) is 5.78. The first-order chi connectivity index (χ1) is 10.7. The fraction of sp³-hybridized carbons (Fsp3) is 0.688. The first-order valence-corrected chi connectivity index (χ1v) is 9.07. The molecule has 1 atom stereocenters. The van der Waals surface area contributed by atoms with Crippen LogP contribution < -0.4 is 5.32 Å². The number of hydrogen-bond donors (Lipinski definition) is 1. The van der Waals surface area contributed by atoms with Crippen molar-refractivity contribution in [3.8, 4) is 0 Å². The number of likely N-dealkylation sites (tertiary alicyclic amines) is 1. The van der Waals surface area contributed by atoms with Gasteiger partial charge in [0.25, 0.3) is 5.91 Å². The van der Waals surface area contributed by atoms with E-state index in [1.807, 2.05) is 4.90 Å². The Balaban J connectivity index is 1.46. The molecule has 4 rings (SSSR count). The lowest BCUT2D eigenvalue weighted by atomic mass is 9.62. The van der Waals surface area contributed by atoms with Crippen molar-refractivity contribution in [2.24, 2.45) is 17.3 Å². The molecule has 0 aromatic carbocycles. The molecule has 0 bridgehead atoms. The van der Waals surface area contributed by atoms with Gasteiger partial charge in [0.1, 0.15) is 5.69 Å². The molecule has 2 amide bonds. The summed E-state index contributed by atoms with van der Waals surface area (Å²) < 4.78 is 0. The first kappa shape index (κ1) is 14.2. The smallest absolute Gasteiger partial charge is 0.273 e.